The Kier molecular flexibility index (Phi) is 9.24. The highest BCUT2D eigenvalue weighted by molar-refractivity contribution is 7.90. The van der Waals surface area contributed by atoms with Gasteiger partial charge in [-0.15, -0.1) is 0 Å². The Morgan fingerprint density at radius 2 is 1.88 bits per heavy atom. The summed E-state index contributed by atoms with van der Waals surface area (Å²) < 4.78 is 54.0. The first-order valence-electron chi connectivity index (χ1n) is 13.9. The molecule has 1 atom stereocenters. The summed E-state index contributed by atoms with van der Waals surface area (Å²) in [5, 5.41) is -0.437. The van der Waals surface area contributed by atoms with Gasteiger partial charge in [0, 0.05) is 18.2 Å². The molecule has 13 heteroatoms. The molecule has 0 aliphatic carbocycles. The summed E-state index contributed by atoms with van der Waals surface area (Å²) in [6.45, 7) is 9.91. The molecule has 0 bridgehead atoms. The third kappa shape index (κ3) is 7.98. The van der Waals surface area contributed by atoms with Gasteiger partial charge in [0.1, 0.15) is 34.8 Å². The standard InChI is InChI=1S/C30H36FN5O6S/c1-18(2)17-41-21-15-19(14-20(31)16-21)23-12-11-22(28(37)35-43(39,40)26-10-6-9-25(32)34-26)27(33-23)36-13-7-8-24(36)29(38)42-30(3,4)5/h6,9-12,14-16,18,24H,7-8,13,17H2,1-5H3,(H2,32,34)(H,35,37). The molecular formula is C30H36FN5O6S. The van der Waals surface area contributed by atoms with Crippen molar-refractivity contribution in [3.63, 3.8) is 0 Å². The van der Waals surface area contributed by atoms with Gasteiger partial charge >= 0.3 is 5.97 Å². The van der Waals surface area contributed by atoms with Gasteiger partial charge in [-0.2, -0.15) is 8.42 Å². The van der Waals surface area contributed by atoms with Crippen molar-refractivity contribution in [3.05, 3.63) is 59.9 Å². The SMILES string of the molecule is CC(C)COc1cc(F)cc(-c2ccc(C(=O)NS(=O)(=O)c3cccc(N)n3)c(N3CCCC3C(=O)OC(C)(C)C)n2)c1. The van der Waals surface area contributed by atoms with E-state index in [0.717, 1.165) is 0 Å². The van der Waals surface area contributed by atoms with E-state index in [0.29, 0.717) is 37.3 Å². The summed E-state index contributed by atoms with van der Waals surface area (Å²) in [6.07, 6.45) is 1.02. The summed E-state index contributed by atoms with van der Waals surface area (Å²) in [6, 6.07) is 10.3. The molecule has 3 N–H and O–H groups in total. The molecule has 0 radical (unpaired) electrons. The van der Waals surface area contributed by atoms with E-state index in [9.17, 15) is 22.4 Å². The summed E-state index contributed by atoms with van der Waals surface area (Å²) >= 11 is 0. The molecule has 3 heterocycles. The van der Waals surface area contributed by atoms with Crippen LogP contribution in [-0.2, 0) is 19.6 Å². The number of nitrogens with zero attached hydrogens (tertiary/aromatic N) is 3. The monoisotopic (exact) mass is 613 g/mol. The normalized spacial score (nSPS) is 15.4. The second-order valence-corrected chi connectivity index (χ2v) is 13.3. The van der Waals surface area contributed by atoms with Crippen LogP contribution in [0, 0.1) is 11.7 Å². The number of hydrogen-bond donors (Lipinski definition) is 2. The average Bonchev–Trinajstić information content (AvgIpc) is 3.40. The molecule has 2 aromatic heterocycles. The van der Waals surface area contributed by atoms with Crippen molar-refractivity contribution in [2.75, 3.05) is 23.8 Å². The molecule has 0 spiro atoms. The quantitative estimate of drug-likeness (QED) is 0.333. The lowest BCUT2D eigenvalue weighted by Gasteiger charge is -2.29. The lowest BCUT2D eigenvalue weighted by Crippen LogP contribution is -2.42. The van der Waals surface area contributed by atoms with Gasteiger partial charge in [-0.3, -0.25) is 4.79 Å². The predicted molar refractivity (Wildman–Crippen MR) is 159 cm³/mol. The minimum Gasteiger partial charge on any atom is -0.493 e. The van der Waals surface area contributed by atoms with Gasteiger partial charge in [0.05, 0.1) is 17.9 Å². The van der Waals surface area contributed by atoms with Crippen molar-refractivity contribution < 1.29 is 31.9 Å². The largest absolute Gasteiger partial charge is 0.493 e. The van der Waals surface area contributed by atoms with Gasteiger partial charge in [0.2, 0.25) is 0 Å². The summed E-state index contributed by atoms with van der Waals surface area (Å²) in [7, 11) is -4.41. The third-order valence-electron chi connectivity index (χ3n) is 6.32. The van der Waals surface area contributed by atoms with Crippen molar-refractivity contribution in [3.8, 4) is 17.0 Å². The smallest absolute Gasteiger partial charge is 0.329 e. The highest BCUT2D eigenvalue weighted by Crippen LogP contribution is 2.33. The second kappa shape index (κ2) is 12.5. The number of esters is 1. The molecule has 11 nitrogen and oxygen atoms in total. The van der Waals surface area contributed by atoms with E-state index in [1.54, 1.807) is 31.7 Å². The first-order chi connectivity index (χ1) is 20.1. The van der Waals surface area contributed by atoms with E-state index in [1.165, 1.54) is 42.5 Å². The van der Waals surface area contributed by atoms with Crippen LogP contribution in [0.4, 0.5) is 16.0 Å². The molecule has 1 unspecified atom stereocenters. The number of carbonyl (C=O) groups is 2. The lowest BCUT2D eigenvalue weighted by atomic mass is 10.1. The Balaban J connectivity index is 1.77. The van der Waals surface area contributed by atoms with Gasteiger partial charge in [-0.25, -0.2) is 23.9 Å². The number of ether oxygens (including phenoxy) is 2. The molecule has 230 valence electrons. The fraction of sp³-hybridized carbons (Fsp3) is 0.400. The number of aromatic nitrogens is 2. The van der Waals surface area contributed by atoms with Crippen LogP contribution in [0.2, 0.25) is 0 Å². The van der Waals surface area contributed by atoms with Crippen molar-refractivity contribution >= 4 is 33.5 Å². The maximum absolute atomic E-state index is 14.6. The summed E-state index contributed by atoms with van der Waals surface area (Å²) in [5.74, 6) is -1.51. The number of halogens is 1. The molecule has 1 fully saturated rings. The van der Waals surface area contributed by atoms with E-state index in [1.807, 2.05) is 18.6 Å². The van der Waals surface area contributed by atoms with Crippen LogP contribution < -0.4 is 20.1 Å². The zero-order valence-electron chi connectivity index (χ0n) is 24.8. The number of amides is 1. The highest BCUT2D eigenvalue weighted by Gasteiger charge is 2.37. The zero-order valence-corrected chi connectivity index (χ0v) is 25.6. The number of hydrogen-bond acceptors (Lipinski definition) is 10. The Hall–Kier alpha value is -4.26. The van der Waals surface area contributed by atoms with E-state index in [-0.39, 0.29) is 28.8 Å². The second-order valence-electron chi connectivity index (χ2n) is 11.7. The Labute approximate surface area is 250 Å². The number of carbonyl (C=O) groups excluding carboxylic acids is 2. The van der Waals surface area contributed by atoms with Gasteiger partial charge in [0.25, 0.3) is 15.9 Å². The Morgan fingerprint density at radius 3 is 2.56 bits per heavy atom. The zero-order chi connectivity index (χ0) is 31.5. The average molecular weight is 614 g/mol. The van der Waals surface area contributed by atoms with Gasteiger partial charge < -0.3 is 20.1 Å². The Bertz CT molecular complexity index is 1620. The number of rotatable bonds is 9. The van der Waals surface area contributed by atoms with Crippen LogP contribution >= 0.6 is 0 Å². The van der Waals surface area contributed by atoms with Crippen molar-refractivity contribution in [2.45, 2.75) is 64.1 Å². The third-order valence-corrected chi connectivity index (χ3v) is 7.55. The fourth-order valence-electron chi connectivity index (χ4n) is 4.51. The molecule has 1 amide bonds. The van der Waals surface area contributed by atoms with E-state index < -0.39 is 44.4 Å². The van der Waals surface area contributed by atoms with E-state index in [2.05, 4.69) is 9.97 Å². The first kappa shape index (κ1) is 31.7. The maximum atomic E-state index is 14.6. The molecule has 1 saturated heterocycles. The van der Waals surface area contributed by atoms with Gasteiger partial charge in [-0.05, 0) is 75.9 Å². The topological polar surface area (TPSA) is 154 Å². The first-order valence-corrected chi connectivity index (χ1v) is 15.4. The molecule has 1 aromatic carbocycles. The van der Waals surface area contributed by atoms with Crippen LogP contribution in [-0.4, -0.2) is 55.1 Å². The number of pyridine rings is 2. The van der Waals surface area contributed by atoms with Crippen molar-refractivity contribution in [2.24, 2.45) is 5.92 Å². The minimum absolute atomic E-state index is 0.0360. The number of benzene rings is 1. The molecule has 1 aliphatic heterocycles. The number of nitrogens with one attached hydrogen (secondary N) is 1. The number of nitrogens with two attached hydrogens (primary N) is 1. The molecule has 1 aliphatic rings. The van der Waals surface area contributed by atoms with Crippen molar-refractivity contribution in [1.82, 2.24) is 14.7 Å². The molecule has 43 heavy (non-hydrogen) atoms. The van der Waals surface area contributed by atoms with Gasteiger partial charge in [-0.1, -0.05) is 19.9 Å². The maximum Gasteiger partial charge on any atom is 0.329 e. The molecule has 4 rings (SSSR count). The van der Waals surface area contributed by atoms with Crippen LogP contribution in [0.25, 0.3) is 11.3 Å². The summed E-state index contributed by atoms with van der Waals surface area (Å²) in [5.41, 5.74) is 5.42. The van der Waals surface area contributed by atoms with E-state index >= 15 is 0 Å². The van der Waals surface area contributed by atoms with E-state index in [4.69, 9.17) is 15.2 Å². The van der Waals surface area contributed by atoms with Crippen molar-refractivity contribution in [1.29, 1.82) is 0 Å². The van der Waals surface area contributed by atoms with Crippen LogP contribution in [0.15, 0.2) is 53.6 Å². The highest BCUT2D eigenvalue weighted by atomic mass is 32.2. The van der Waals surface area contributed by atoms with Crippen LogP contribution in [0.1, 0.15) is 57.8 Å². The Morgan fingerprint density at radius 1 is 1.14 bits per heavy atom. The van der Waals surface area contributed by atoms with Crippen LogP contribution in [0.5, 0.6) is 5.75 Å². The van der Waals surface area contributed by atoms with Crippen LogP contribution in [0.3, 0.4) is 0 Å². The summed E-state index contributed by atoms with van der Waals surface area (Å²) in [4.78, 5) is 36.8. The lowest BCUT2D eigenvalue weighted by molar-refractivity contribution is -0.156. The number of anilines is 2. The molecule has 3 aromatic rings. The fourth-order valence-corrected chi connectivity index (χ4v) is 5.45. The minimum atomic E-state index is -4.41. The van der Waals surface area contributed by atoms with Gasteiger partial charge in [0.15, 0.2) is 5.03 Å². The number of sulfonamides is 1. The number of nitrogen functional groups attached to an aromatic ring is 1. The molecule has 0 saturated carbocycles. The predicted octanol–water partition coefficient (Wildman–Crippen LogP) is 4.33. The molecular weight excluding hydrogens is 577 g/mol.